The molecule has 0 aliphatic carbocycles. The van der Waals surface area contributed by atoms with Gasteiger partial charge in [0.15, 0.2) is 0 Å². The minimum atomic E-state index is -1.76. The lowest BCUT2D eigenvalue weighted by Crippen LogP contribution is -2.37. The first-order valence-electron chi connectivity index (χ1n) is 8.84. The summed E-state index contributed by atoms with van der Waals surface area (Å²) in [5, 5.41) is 1.63. The highest BCUT2D eigenvalue weighted by Crippen LogP contribution is 2.27. The van der Waals surface area contributed by atoms with E-state index in [1.54, 1.807) is 19.1 Å². The van der Waals surface area contributed by atoms with E-state index in [9.17, 15) is 4.79 Å². The largest absolute Gasteiger partial charge is 0.462 e. The Bertz CT molecular complexity index is 941. The van der Waals surface area contributed by atoms with Gasteiger partial charge in [-0.25, -0.2) is 9.78 Å². The fourth-order valence-electron chi connectivity index (χ4n) is 2.72. The molecule has 0 bridgehead atoms. The minimum absolute atomic E-state index is 0.332. The van der Waals surface area contributed by atoms with Crippen LogP contribution in [0.5, 0.6) is 0 Å². The zero-order valence-corrected chi connectivity index (χ0v) is 17.6. The highest BCUT2D eigenvalue weighted by molar-refractivity contribution is 6.88. The predicted octanol–water partition coefficient (Wildman–Crippen LogP) is 5.38. The molecule has 0 unspecified atom stereocenters. The standard InChI is InChI=1S/C21H22ClNO3Si/c1-5-25-20(24)16-8-6-15(7-9-16)19-23-18(21(26-19)27(2,3)4)14-10-12-17(22)13-11-14/h6-13H,5H2,1-4H3. The van der Waals surface area contributed by atoms with Crippen molar-refractivity contribution in [1.82, 2.24) is 4.98 Å². The maximum Gasteiger partial charge on any atom is 0.338 e. The summed E-state index contributed by atoms with van der Waals surface area (Å²) in [6, 6.07) is 14.7. The number of ether oxygens (including phenoxy) is 1. The third kappa shape index (κ3) is 4.31. The molecule has 0 atom stereocenters. The molecule has 0 fully saturated rings. The Morgan fingerprint density at radius 1 is 1.04 bits per heavy atom. The van der Waals surface area contributed by atoms with Gasteiger partial charge in [-0.15, -0.1) is 0 Å². The summed E-state index contributed by atoms with van der Waals surface area (Å²) in [4.78, 5) is 16.6. The fraction of sp³-hybridized carbons (Fsp3) is 0.238. The van der Waals surface area contributed by atoms with Gasteiger partial charge in [-0.05, 0) is 43.3 Å². The number of hydrogen-bond donors (Lipinski definition) is 0. The van der Waals surface area contributed by atoms with Gasteiger partial charge in [0.05, 0.1) is 12.2 Å². The van der Waals surface area contributed by atoms with E-state index in [2.05, 4.69) is 19.6 Å². The van der Waals surface area contributed by atoms with Crippen LogP contribution in [-0.2, 0) is 4.74 Å². The van der Waals surface area contributed by atoms with Crippen molar-refractivity contribution in [2.45, 2.75) is 26.6 Å². The van der Waals surface area contributed by atoms with Crippen LogP contribution in [0.3, 0.4) is 0 Å². The van der Waals surface area contributed by atoms with Crippen LogP contribution < -0.4 is 5.38 Å². The number of halogens is 1. The molecule has 6 heteroatoms. The summed E-state index contributed by atoms with van der Waals surface area (Å²) in [6.07, 6.45) is 0. The fourth-order valence-corrected chi connectivity index (χ4v) is 4.16. The van der Waals surface area contributed by atoms with Gasteiger partial charge in [-0.1, -0.05) is 43.4 Å². The summed E-state index contributed by atoms with van der Waals surface area (Å²) < 4.78 is 11.2. The van der Waals surface area contributed by atoms with Crippen molar-refractivity contribution in [1.29, 1.82) is 0 Å². The number of carbonyl (C=O) groups is 1. The first kappa shape index (κ1) is 19.4. The molecule has 1 heterocycles. The number of carbonyl (C=O) groups excluding carboxylic acids is 1. The van der Waals surface area contributed by atoms with Crippen LogP contribution in [0.4, 0.5) is 0 Å². The van der Waals surface area contributed by atoms with Gasteiger partial charge in [0.1, 0.15) is 19.2 Å². The summed E-state index contributed by atoms with van der Waals surface area (Å²) in [5.74, 6) is 0.217. The Morgan fingerprint density at radius 3 is 2.19 bits per heavy atom. The zero-order chi connectivity index (χ0) is 19.6. The van der Waals surface area contributed by atoms with Gasteiger partial charge in [0.25, 0.3) is 0 Å². The molecule has 0 saturated heterocycles. The Hall–Kier alpha value is -2.37. The first-order valence-corrected chi connectivity index (χ1v) is 12.7. The second kappa shape index (κ2) is 7.70. The third-order valence-electron chi connectivity index (χ3n) is 4.07. The summed E-state index contributed by atoms with van der Waals surface area (Å²) in [6.45, 7) is 8.81. The van der Waals surface area contributed by atoms with E-state index in [0.29, 0.717) is 23.1 Å². The quantitative estimate of drug-likeness (QED) is 0.426. The van der Waals surface area contributed by atoms with Crippen LogP contribution in [0.2, 0.25) is 24.7 Å². The molecule has 3 aromatic rings. The van der Waals surface area contributed by atoms with Gasteiger partial charge in [-0.2, -0.15) is 0 Å². The Labute approximate surface area is 165 Å². The number of benzene rings is 2. The van der Waals surface area contributed by atoms with Crippen LogP contribution >= 0.6 is 11.6 Å². The normalized spacial score (nSPS) is 11.4. The molecule has 0 amide bonds. The molecule has 27 heavy (non-hydrogen) atoms. The molecule has 0 radical (unpaired) electrons. The smallest absolute Gasteiger partial charge is 0.338 e. The number of esters is 1. The van der Waals surface area contributed by atoms with E-state index in [4.69, 9.17) is 25.7 Å². The van der Waals surface area contributed by atoms with E-state index in [1.165, 1.54) is 0 Å². The summed E-state index contributed by atoms with van der Waals surface area (Å²) >= 11 is 6.02. The second-order valence-electron chi connectivity index (χ2n) is 7.25. The molecule has 0 N–H and O–H groups in total. The van der Waals surface area contributed by atoms with Crippen molar-refractivity contribution in [2.24, 2.45) is 0 Å². The van der Waals surface area contributed by atoms with Crippen LogP contribution in [0, 0.1) is 0 Å². The van der Waals surface area contributed by atoms with Crippen molar-refractivity contribution in [3.63, 3.8) is 0 Å². The monoisotopic (exact) mass is 399 g/mol. The van der Waals surface area contributed by atoms with Crippen LogP contribution in [-0.4, -0.2) is 25.6 Å². The number of rotatable bonds is 5. The number of aromatic nitrogens is 1. The molecule has 4 nitrogen and oxygen atoms in total. The Morgan fingerprint density at radius 2 is 1.63 bits per heavy atom. The van der Waals surface area contributed by atoms with E-state index in [-0.39, 0.29) is 5.97 Å². The van der Waals surface area contributed by atoms with Gasteiger partial charge in [0, 0.05) is 16.1 Å². The first-order chi connectivity index (χ1) is 12.8. The van der Waals surface area contributed by atoms with Crippen molar-refractivity contribution >= 4 is 31.0 Å². The highest BCUT2D eigenvalue weighted by Gasteiger charge is 2.28. The van der Waals surface area contributed by atoms with E-state index < -0.39 is 8.07 Å². The number of hydrogen-bond acceptors (Lipinski definition) is 4. The van der Waals surface area contributed by atoms with Gasteiger partial charge >= 0.3 is 5.97 Å². The average molecular weight is 400 g/mol. The minimum Gasteiger partial charge on any atom is -0.462 e. The van der Waals surface area contributed by atoms with Crippen molar-refractivity contribution < 1.29 is 13.9 Å². The van der Waals surface area contributed by atoms with E-state index >= 15 is 0 Å². The second-order valence-corrected chi connectivity index (χ2v) is 12.6. The molecule has 0 spiro atoms. The maximum absolute atomic E-state index is 11.8. The van der Waals surface area contributed by atoms with Crippen LogP contribution in [0.25, 0.3) is 22.7 Å². The Balaban J connectivity index is 2.02. The van der Waals surface area contributed by atoms with Crippen LogP contribution in [0.15, 0.2) is 52.9 Å². The summed E-state index contributed by atoms with van der Waals surface area (Å²) in [5.41, 5.74) is 3.17. The van der Waals surface area contributed by atoms with Crippen molar-refractivity contribution in [3.05, 3.63) is 59.1 Å². The van der Waals surface area contributed by atoms with E-state index in [1.807, 2.05) is 36.4 Å². The van der Waals surface area contributed by atoms with Gasteiger partial charge in [-0.3, -0.25) is 0 Å². The average Bonchev–Trinajstić information content (AvgIpc) is 3.08. The molecular weight excluding hydrogens is 378 g/mol. The van der Waals surface area contributed by atoms with Crippen LogP contribution in [0.1, 0.15) is 17.3 Å². The lowest BCUT2D eigenvalue weighted by molar-refractivity contribution is 0.0526. The van der Waals surface area contributed by atoms with Gasteiger partial charge in [0.2, 0.25) is 5.89 Å². The predicted molar refractivity (Wildman–Crippen MR) is 111 cm³/mol. The van der Waals surface area contributed by atoms with Gasteiger partial charge < -0.3 is 9.15 Å². The zero-order valence-electron chi connectivity index (χ0n) is 15.9. The van der Waals surface area contributed by atoms with E-state index in [0.717, 1.165) is 22.2 Å². The molecule has 0 saturated carbocycles. The Kier molecular flexibility index (Phi) is 5.53. The molecular formula is C21H22ClNO3Si. The number of nitrogens with zero attached hydrogens (tertiary/aromatic N) is 1. The lowest BCUT2D eigenvalue weighted by Gasteiger charge is -2.13. The summed E-state index contributed by atoms with van der Waals surface area (Å²) in [7, 11) is -1.76. The topological polar surface area (TPSA) is 52.3 Å². The SMILES string of the molecule is CCOC(=O)c1ccc(-c2nc(-c3ccc(Cl)cc3)c([Si](C)(C)C)o2)cc1. The molecule has 2 aromatic carbocycles. The molecule has 140 valence electrons. The highest BCUT2D eigenvalue weighted by atomic mass is 35.5. The molecule has 0 aliphatic rings. The lowest BCUT2D eigenvalue weighted by atomic mass is 10.1. The molecule has 0 aliphatic heterocycles. The maximum atomic E-state index is 11.8. The molecule has 3 rings (SSSR count). The number of oxazole rings is 1. The van der Waals surface area contributed by atoms with Crippen molar-refractivity contribution in [2.75, 3.05) is 6.61 Å². The van der Waals surface area contributed by atoms with Crippen molar-refractivity contribution in [3.8, 4) is 22.7 Å². The third-order valence-corrected chi connectivity index (χ3v) is 6.02. The molecule has 1 aromatic heterocycles.